The topological polar surface area (TPSA) is 103 Å². The summed E-state index contributed by atoms with van der Waals surface area (Å²) >= 11 is 0. The van der Waals surface area contributed by atoms with Crippen molar-refractivity contribution in [3.8, 4) is 11.5 Å². The second kappa shape index (κ2) is 11.3. The predicted molar refractivity (Wildman–Crippen MR) is 123 cm³/mol. The van der Waals surface area contributed by atoms with Crippen LogP contribution in [0, 0.1) is 0 Å². The Labute approximate surface area is 191 Å². The van der Waals surface area contributed by atoms with Crippen LogP contribution in [-0.2, 0) is 11.3 Å². The summed E-state index contributed by atoms with van der Waals surface area (Å²) < 4.78 is 14.9. The van der Waals surface area contributed by atoms with Gasteiger partial charge in [0.2, 0.25) is 0 Å². The fraction of sp³-hybridized carbons (Fsp3) is 0.160. The van der Waals surface area contributed by atoms with Gasteiger partial charge in [0.25, 0.3) is 11.8 Å². The van der Waals surface area contributed by atoms with E-state index in [-0.39, 0.29) is 30.7 Å². The zero-order chi connectivity index (χ0) is 23.6. The van der Waals surface area contributed by atoms with E-state index in [4.69, 9.17) is 14.2 Å². The lowest BCUT2D eigenvalue weighted by molar-refractivity contribution is 0.0950. The molecule has 0 aliphatic heterocycles. The lowest BCUT2D eigenvalue weighted by atomic mass is 10.1. The summed E-state index contributed by atoms with van der Waals surface area (Å²) in [6.07, 6.45) is -0.803. The van der Waals surface area contributed by atoms with Crippen LogP contribution in [0.4, 0.5) is 10.5 Å². The summed E-state index contributed by atoms with van der Waals surface area (Å²) in [6, 6.07) is 20.1. The van der Waals surface area contributed by atoms with Crippen LogP contribution in [0.3, 0.4) is 0 Å². The van der Waals surface area contributed by atoms with Gasteiger partial charge >= 0.3 is 6.16 Å². The lowest BCUT2D eigenvalue weighted by Crippen LogP contribution is -2.24. The van der Waals surface area contributed by atoms with Gasteiger partial charge in [-0.15, -0.1) is 0 Å². The van der Waals surface area contributed by atoms with Crippen LogP contribution in [0.5, 0.6) is 11.5 Å². The lowest BCUT2D eigenvalue weighted by Gasteiger charge is -2.13. The zero-order valence-corrected chi connectivity index (χ0v) is 18.3. The maximum absolute atomic E-state index is 12.6. The number of nitrogens with one attached hydrogen (secondary N) is 2. The summed E-state index contributed by atoms with van der Waals surface area (Å²) in [5.41, 5.74) is 2.18. The molecule has 0 saturated carbocycles. The number of benzene rings is 3. The Bertz CT molecular complexity index is 1130. The van der Waals surface area contributed by atoms with Crippen LogP contribution >= 0.6 is 0 Å². The number of hydrogen-bond acceptors (Lipinski definition) is 6. The van der Waals surface area contributed by atoms with Crippen molar-refractivity contribution in [3.05, 3.63) is 89.5 Å². The van der Waals surface area contributed by atoms with Gasteiger partial charge in [0.15, 0.2) is 0 Å². The average Bonchev–Trinajstić information content (AvgIpc) is 2.84. The molecule has 3 rings (SSSR count). The van der Waals surface area contributed by atoms with Gasteiger partial charge < -0.3 is 24.8 Å². The Kier molecular flexibility index (Phi) is 8.02. The molecular formula is C25H24N2O6. The van der Waals surface area contributed by atoms with Crippen molar-refractivity contribution in [2.45, 2.75) is 13.5 Å². The van der Waals surface area contributed by atoms with Crippen LogP contribution in [0.25, 0.3) is 0 Å². The second-order valence-electron chi connectivity index (χ2n) is 6.84. The Hall–Kier alpha value is -4.33. The Morgan fingerprint density at radius 3 is 2.30 bits per heavy atom. The smallest absolute Gasteiger partial charge is 0.497 e. The van der Waals surface area contributed by atoms with Crippen LogP contribution in [0.2, 0.25) is 0 Å². The fourth-order valence-corrected chi connectivity index (χ4v) is 2.95. The molecule has 3 aromatic rings. The Morgan fingerprint density at radius 1 is 0.818 bits per heavy atom. The maximum atomic E-state index is 12.6. The molecule has 0 aliphatic rings. The minimum Gasteiger partial charge on any atom is -0.497 e. The monoisotopic (exact) mass is 448 g/mol. The van der Waals surface area contributed by atoms with E-state index in [0.717, 1.165) is 5.56 Å². The molecule has 0 aliphatic carbocycles. The third-order valence-corrected chi connectivity index (χ3v) is 4.62. The quantitative estimate of drug-likeness (QED) is 0.391. The minimum absolute atomic E-state index is 0.203. The molecule has 2 amide bonds. The van der Waals surface area contributed by atoms with E-state index in [1.165, 1.54) is 19.2 Å². The first kappa shape index (κ1) is 23.3. The number of anilines is 1. The maximum Gasteiger partial charge on any atom is 0.513 e. The van der Waals surface area contributed by atoms with Crippen LogP contribution in [0.1, 0.15) is 33.2 Å². The summed E-state index contributed by atoms with van der Waals surface area (Å²) in [7, 11) is 1.54. The molecule has 8 heteroatoms. The van der Waals surface area contributed by atoms with Gasteiger partial charge in [0, 0.05) is 23.4 Å². The third kappa shape index (κ3) is 6.57. The van der Waals surface area contributed by atoms with E-state index in [0.29, 0.717) is 22.6 Å². The van der Waals surface area contributed by atoms with Crippen LogP contribution in [-0.4, -0.2) is 31.7 Å². The number of carbonyl (C=O) groups is 3. The van der Waals surface area contributed by atoms with Crippen molar-refractivity contribution in [1.82, 2.24) is 5.32 Å². The molecule has 0 fully saturated rings. The van der Waals surface area contributed by atoms with Crippen molar-refractivity contribution in [3.63, 3.8) is 0 Å². The molecule has 0 radical (unpaired) electrons. The van der Waals surface area contributed by atoms with E-state index in [9.17, 15) is 14.4 Å². The number of amides is 2. The highest BCUT2D eigenvalue weighted by atomic mass is 16.7. The van der Waals surface area contributed by atoms with Crippen molar-refractivity contribution < 1.29 is 28.6 Å². The van der Waals surface area contributed by atoms with Crippen LogP contribution in [0.15, 0.2) is 72.8 Å². The third-order valence-electron chi connectivity index (χ3n) is 4.62. The van der Waals surface area contributed by atoms with Crippen molar-refractivity contribution in [1.29, 1.82) is 0 Å². The van der Waals surface area contributed by atoms with Gasteiger partial charge in [-0.05, 0) is 61.0 Å². The normalized spacial score (nSPS) is 10.1. The zero-order valence-electron chi connectivity index (χ0n) is 18.3. The highest BCUT2D eigenvalue weighted by Gasteiger charge is 2.12. The van der Waals surface area contributed by atoms with Gasteiger partial charge in [-0.1, -0.05) is 24.3 Å². The minimum atomic E-state index is -0.803. The molecule has 0 unspecified atom stereocenters. The highest BCUT2D eigenvalue weighted by Crippen LogP contribution is 2.19. The first-order valence-corrected chi connectivity index (χ1v) is 10.3. The van der Waals surface area contributed by atoms with Gasteiger partial charge in [-0.25, -0.2) is 4.79 Å². The number of ether oxygens (including phenoxy) is 3. The molecule has 0 bridgehead atoms. The highest BCUT2D eigenvalue weighted by molar-refractivity contribution is 6.05. The number of methoxy groups -OCH3 is 1. The molecular weight excluding hydrogens is 424 g/mol. The SMILES string of the molecule is CCOC(=O)Oc1ccc(C(=O)NCc2ccccc2NC(=O)c2cccc(OC)c2)cc1. The Balaban J connectivity index is 1.62. The number of rotatable bonds is 8. The van der Waals surface area contributed by atoms with Crippen molar-refractivity contribution in [2.75, 3.05) is 19.0 Å². The average molecular weight is 448 g/mol. The fourth-order valence-electron chi connectivity index (χ4n) is 2.95. The molecule has 3 aromatic carbocycles. The number of hydrogen-bond donors (Lipinski definition) is 2. The van der Waals surface area contributed by atoms with Crippen LogP contribution < -0.4 is 20.1 Å². The van der Waals surface area contributed by atoms with Crippen molar-refractivity contribution >= 4 is 23.7 Å². The molecule has 0 spiro atoms. The van der Waals surface area contributed by atoms with E-state index < -0.39 is 6.16 Å². The summed E-state index contributed by atoms with van der Waals surface area (Å²) in [5, 5.41) is 5.70. The van der Waals surface area contributed by atoms with Gasteiger partial charge in [-0.3, -0.25) is 9.59 Å². The Morgan fingerprint density at radius 2 is 1.58 bits per heavy atom. The largest absolute Gasteiger partial charge is 0.513 e. The summed E-state index contributed by atoms with van der Waals surface area (Å²) in [6.45, 7) is 2.09. The van der Waals surface area contributed by atoms with Gasteiger partial charge in [0.05, 0.1) is 13.7 Å². The molecule has 0 atom stereocenters. The molecule has 0 aromatic heterocycles. The molecule has 0 saturated heterocycles. The number of para-hydroxylation sites is 1. The second-order valence-corrected chi connectivity index (χ2v) is 6.84. The molecule has 0 heterocycles. The molecule has 8 nitrogen and oxygen atoms in total. The first-order chi connectivity index (χ1) is 16.0. The van der Waals surface area contributed by atoms with E-state index in [1.807, 2.05) is 12.1 Å². The summed E-state index contributed by atoms with van der Waals surface area (Å²) in [5.74, 6) is 0.258. The standard InChI is InChI=1S/C25H24N2O6/c1-3-32-25(30)33-20-13-11-17(12-14-20)23(28)26-16-19-7-4-5-10-22(19)27-24(29)18-8-6-9-21(15-18)31-2/h4-15H,3,16H2,1-2H3,(H,26,28)(H,27,29). The van der Waals surface area contributed by atoms with Gasteiger partial charge in [0.1, 0.15) is 11.5 Å². The van der Waals surface area contributed by atoms with E-state index >= 15 is 0 Å². The van der Waals surface area contributed by atoms with Crippen molar-refractivity contribution in [2.24, 2.45) is 0 Å². The first-order valence-electron chi connectivity index (χ1n) is 10.3. The number of carbonyl (C=O) groups excluding carboxylic acids is 3. The summed E-state index contributed by atoms with van der Waals surface area (Å²) in [4.78, 5) is 36.5. The molecule has 170 valence electrons. The van der Waals surface area contributed by atoms with E-state index in [1.54, 1.807) is 55.5 Å². The van der Waals surface area contributed by atoms with E-state index in [2.05, 4.69) is 10.6 Å². The van der Waals surface area contributed by atoms with Gasteiger partial charge in [-0.2, -0.15) is 0 Å². The molecule has 33 heavy (non-hydrogen) atoms. The molecule has 2 N–H and O–H groups in total. The predicted octanol–water partition coefficient (Wildman–Crippen LogP) is 4.41.